The summed E-state index contributed by atoms with van der Waals surface area (Å²) in [4.78, 5) is 19.1. The fourth-order valence-electron chi connectivity index (χ4n) is 3.91. The van der Waals surface area contributed by atoms with Crippen molar-refractivity contribution >= 4 is 42.1 Å². The van der Waals surface area contributed by atoms with E-state index in [1.807, 2.05) is 0 Å². The van der Waals surface area contributed by atoms with Gasteiger partial charge in [0.15, 0.2) is 0 Å². The Kier molecular flexibility index (Phi) is 11.8. The number of nitrogens with one attached hydrogen (secondary N) is 2. The van der Waals surface area contributed by atoms with Crippen LogP contribution in [0.15, 0.2) is 5.38 Å². The minimum atomic E-state index is 0. The molecular formula is C19H34Cl2N4OS. The third kappa shape index (κ3) is 8.65. The van der Waals surface area contributed by atoms with Gasteiger partial charge < -0.3 is 10.6 Å². The topological polar surface area (TPSA) is 57.3 Å². The van der Waals surface area contributed by atoms with E-state index in [1.165, 1.54) is 31.4 Å². The van der Waals surface area contributed by atoms with E-state index >= 15 is 0 Å². The predicted molar refractivity (Wildman–Crippen MR) is 117 cm³/mol. The zero-order valence-electron chi connectivity index (χ0n) is 16.2. The lowest BCUT2D eigenvalue weighted by Crippen LogP contribution is -2.38. The molecule has 0 atom stereocenters. The van der Waals surface area contributed by atoms with Gasteiger partial charge >= 0.3 is 0 Å². The van der Waals surface area contributed by atoms with Crippen molar-refractivity contribution < 1.29 is 4.79 Å². The lowest BCUT2D eigenvalue weighted by Gasteiger charge is -2.31. The van der Waals surface area contributed by atoms with Crippen molar-refractivity contribution in [2.75, 3.05) is 32.7 Å². The van der Waals surface area contributed by atoms with Crippen LogP contribution in [-0.4, -0.2) is 48.5 Å². The number of thiazole rings is 1. The highest BCUT2D eigenvalue weighted by Gasteiger charge is 2.21. The normalized spacial score (nSPS) is 19.1. The van der Waals surface area contributed by atoms with Gasteiger partial charge in [-0.15, -0.1) is 36.2 Å². The Morgan fingerprint density at radius 1 is 1.22 bits per heavy atom. The summed E-state index contributed by atoms with van der Waals surface area (Å²) in [6.07, 6.45) is 6.57. The number of rotatable bonds is 7. The van der Waals surface area contributed by atoms with Crippen LogP contribution in [0.3, 0.4) is 0 Å². The van der Waals surface area contributed by atoms with E-state index in [0.717, 1.165) is 56.6 Å². The molecule has 0 saturated carbocycles. The molecule has 0 aliphatic carbocycles. The largest absolute Gasteiger partial charge is 0.356 e. The number of hydrogen-bond acceptors (Lipinski definition) is 5. The Hall–Kier alpha value is -0.400. The molecule has 3 heterocycles. The molecule has 1 aromatic heterocycles. The van der Waals surface area contributed by atoms with Gasteiger partial charge in [-0.05, 0) is 77.0 Å². The zero-order valence-corrected chi connectivity index (χ0v) is 18.7. The number of aromatic nitrogens is 1. The van der Waals surface area contributed by atoms with Crippen LogP contribution < -0.4 is 10.6 Å². The Morgan fingerprint density at radius 3 is 2.56 bits per heavy atom. The molecule has 0 unspecified atom stereocenters. The molecule has 0 radical (unpaired) electrons. The fraction of sp³-hybridized carbons (Fsp3) is 0.789. The molecule has 1 aromatic rings. The maximum atomic E-state index is 12.1. The van der Waals surface area contributed by atoms with Gasteiger partial charge in [0.2, 0.25) is 5.91 Å². The highest BCUT2D eigenvalue weighted by atomic mass is 35.5. The third-order valence-electron chi connectivity index (χ3n) is 5.59. The number of carbonyl (C=O) groups is 1. The monoisotopic (exact) mass is 436 g/mol. The van der Waals surface area contributed by atoms with Crippen LogP contribution in [0.25, 0.3) is 0 Å². The molecule has 0 bridgehead atoms. The summed E-state index contributed by atoms with van der Waals surface area (Å²) in [7, 11) is 0. The van der Waals surface area contributed by atoms with Crippen molar-refractivity contribution in [3.8, 4) is 0 Å². The average molecular weight is 437 g/mol. The predicted octanol–water partition coefficient (Wildman–Crippen LogP) is 3.40. The number of piperidine rings is 2. The first kappa shape index (κ1) is 24.6. The summed E-state index contributed by atoms with van der Waals surface area (Å²) in [5.41, 5.74) is 1.20. The standard InChI is InChI=1S/C19H32N4OS.2ClH/c1-15-22-18(14-25-15)13-23-10-6-17(7-11-23)12-21-19(24)3-2-16-4-8-20-9-5-16;;/h14,16-17,20H,2-13H2,1H3,(H,21,24);2*1H. The minimum Gasteiger partial charge on any atom is -0.356 e. The highest BCUT2D eigenvalue weighted by Crippen LogP contribution is 2.20. The van der Waals surface area contributed by atoms with Gasteiger partial charge in [-0.1, -0.05) is 0 Å². The van der Waals surface area contributed by atoms with E-state index in [9.17, 15) is 4.79 Å². The third-order valence-corrected chi connectivity index (χ3v) is 6.41. The molecule has 2 aliphatic heterocycles. The molecule has 5 nitrogen and oxygen atoms in total. The van der Waals surface area contributed by atoms with Gasteiger partial charge in [-0.25, -0.2) is 4.98 Å². The zero-order chi connectivity index (χ0) is 17.5. The van der Waals surface area contributed by atoms with Crippen LogP contribution in [-0.2, 0) is 11.3 Å². The van der Waals surface area contributed by atoms with Gasteiger partial charge in [0.25, 0.3) is 0 Å². The lowest BCUT2D eigenvalue weighted by molar-refractivity contribution is -0.121. The Bertz CT molecular complexity index is 544. The second-order valence-electron chi connectivity index (χ2n) is 7.61. The highest BCUT2D eigenvalue weighted by molar-refractivity contribution is 7.09. The number of carbonyl (C=O) groups excluding carboxylic acids is 1. The van der Waals surface area contributed by atoms with Gasteiger partial charge in [-0.2, -0.15) is 0 Å². The molecule has 3 rings (SSSR count). The van der Waals surface area contributed by atoms with Crippen LogP contribution >= 0.6 is 36.2 Å². The van der Waals surface area contributed by atoms with E-state index < -0.39 is 0 Å². The van der Waals surface area contributed by atoms with Crippen molar-refractivity contribution in [3.05, 3.63) is 16.1 Å². The number of aryl methyl sites for hydroxylation is 1. The van der Waals surface area contributed by atoms with Gasteiger partial charge in [-0.3, -0.25) is 9.69 Å². The minimum absolute atomic E-state index is 0. The maximum Gasteiger partial charge on any atom is 0.220 e. The number of nitrogens with zero attached hydrogens (tertiary/aromatic N) is 2. The van der Waals surface area contributed by atoms with Gasteiger partial charge in [0.05, 0.1) is 10.7 Å². The molecule has 2 N–H and O–H groups in total. The van der Waals surface area contributed by atoms with Crippen molar-refractivity contribution in [1.29, 1.82) is 0 Å². The van der Waals surface area contributed by atoms with Crippen molar-refractivity contribution in [1.82, 2.24) is 20.5 Å². The van der Waals surface area contributed by atoms with E-state index in [2.05, 4.69) is 32.8 Å². The van der Waals surface area contributed by atoms with Crippen molar-refractivity contribution in [3.63, 3.8) is 0 Å². The number of hydrogen-bond donors (Lipinski definition) is 2. The summed E-state index contributed by atoms with van der Waals surface area (Å²) in [5, 5.41) is 9.88. The van der Waals surface area contributed by atoms with Crippen LogP contribution in [0.4, 0.5) is 0 Å². The van der Waals surface area contributed by atoms with Gasteiger partial charge in [0.1, 0.15) is 0 Å². The Balaban J connectivity index is 0.00000182. The van der Waals surface area contributed by atoms with Crippen LogP contribution in [0.1, 0.15) is 49.2 Å². The fourth-order valence-corrected chi connectivity index (χ4v) is 4.51. The first-order valence-electron chi connectivity index (χ1n) is 9.80. The summed E-state index contributed by atoms with van der Waals surface area (Å²) in [5.74, 6) is 1.62. The summed E-state index contributed by atoms with van der Waals surface area (Å²) in [6, 6.07) is 0. The Morgan fingerprint density at radius 2 is 1.93 bits per heavy atom. The lowest BCUT2D eigenvalue weighted by atomic mass is 9.93. The smallest absolute Gasteiger partial charge is 0.220 e. The van der Waals surface area contributed by atoms with Crippen molar-refractivity contribution in [2.24, 2.45) is 11.8 Å². The van der Waals surface area contributed by atoms with E-state index in [-0.39, 0.29) is 30.7 Å². The Labute approximate surface area is 179 Å². The number of likely N-dealkylation sites (tertiary alicyclic amines) is 1. The number of halogens is 2. The second-order valence-corrected chi connectivity index (χ2v) is 8.68. The van der Waals surface area contributed by atoms with Crippen LogP contribution in [0, 0.1) is 18.8 Å². The molecule has 0 aromatic carbocycles. The molecular weight excluding hydrogens is 403 g/mol. The molecule has 2 aliphatic rings. The maximum absolute atomic E-state index is 12.1. The van der Waals surface area contributed by atoms with E-state index in [4.69, 9.17) is 0 Å². The quantitative estimate of drug-likeness (QED) is 0.687. The van der Waals surface area contributed by atoms with E-state index in [0.29, 0.717) is 12.3 Å². The second kappa shape index (κ2) is 12.9. The van der Waals surface area contributed by atoms with Gasteiger partial charge in [0, 0.05) is 24.9 Å². The molecule has 2 saturated heterocycles. The molecule has 2 fully saturated rings. The number of amides is 1. The SMILES string of the molecule is Cc1nc(CN2CCC(CNC(=O)CCC3CCNCC3)CC2)cs1.Cl.Cl. The molecule has 1 amide bonds. The summed E-state index contributed by atoms with van der Waals surface area (Å²) in [6.45, 7) is 8.36. The van der Waals surface area contributed by atoms with Crippen molar-refractivity contribution in [2.45, 2.75) is 52.0 Å². The first-order valence-corrected chi connectivity index (χ1v) is 10.7. The molecule has 27 heavy (non-hydrogen) atoms. The van der Waals surface area contributed by atoms with E-state index in [1.54, 1.807) is 11.3 Å². The summed E-state index contributed by atoms with van der Waals surface area (Å²) >= 11 is 1.73. The van der Waals surface area contributed by atoms with Crippen LogP contribution in [0.2, 0.25) is 0 Å². The van der Waals surface area contributed by atoms with Crippen LogP contribution in [0.5, 0.6) is 0 Å². The first-order chi connectivity index (χ1) is 12.2. The molecule has 156 valence electrons. The average Bonchev–Trinajstić information content (AvgIpc) is 3.05. The molecule has 8 heteroatoms. The molecule has 0 spiro atoms. The summed E-state index contributed by atoms with van der Waals surface area (Å²) < 4.78 is 0.